The normalized spacial score (nSPS) is 12.6. The van der Waals surface area contributed by atoms with Gasteiger partial charge in [0.1, 0.15) is 0 Å². The Bertz CT molecular complexity index is 691. The monoisotopic (exact) mass is 341 g/mol. The third-order valence-corrected chi connectivity index (χ3v) is 3.60. The molecule has 2 rings (SSSR count). The van der Waals surface area contributed by atoms with Crippen LogP contribution in [0, 0.1) is 29.1 Å². The maximum absolute atomic E-state index is 13.7. The molecule has 0 fully saturated rings. The van der Waals surface area contributed by atoms with Crippen LogP contribution in [0.5, 0.6) is 0 Å². The number of benzene rings is 2. The summed E-state index contributed by atoms with van der Waals surface area (Å²) in [5, 5.41) is 0.193. The van der Waals surface area contributed by atoms with Crippen molar-refractivity contribution in [2.24, 2.45) is 5.73 Å². The molecule has 0 bridgehead atoms. The Labute approximate surface area is 126 Å². The highest BCUT2D eigenvalue weighted by Crippen LogP contribution is 2.32. The van der Waals surface area contributed by atoms with Crippen LogP contribution in [0.2, 0.25) is 10.0 Å². The van der Waals surface area contributed by atoms with Gasteiger partial charge in [0.2, 0.25) is 5.82 Å². The van der Waals surface area contributed by atoms with Gasteiger partial charge in [0, 0.05) is 0 Å². The van der Waals surface area contributed by atoms with E-state index in [0.717, 1.165) is 0 Å². The molecule has 112 valence electrons. The lowest BCUT2D eigenvalue weighted by atomic mass is 9.98. The van der Waals surface area contributed by atoms with Crippen molar-refractivity contribution in [2.75, 3.05) is 0 Å². The number of hydrogen-bond acceptors (Lipinski definition) is 1. The summed E-state index contributed by atoms with van der Waals surface area (Å²) in [6.07, 6.45) is 0. The van der Waals surface area contributed by atoms with Gasteiger partial charge in [-0.15, -0.1) is 0 Å². The standard InChI is InChI=1S/C13H6Cl2F5N/c14-5-2-1-4(3-6(5)15)13(21)7-8(16)10(18)12(20)11(19)9(7)17/h1-3,13H,21H2. The van der Waals surface area contributed by atoms with E-state index >= 15 is 0 Å². The van der Waals surface area contributed by atoms with Gasteiger partial charge in [-0.2, -0.15) is 0 Å². The SMILES string of the molecule is NC(c1ccc(Cl)c(Cl)c1)c1c(F)c(F)c(F)c(F)c1F. The van der Waals surface area contributed by atoms with Crippen LogP contribution >= 0.6 is 23.2 Å². The Kier molecular flexibility index (Phi) is 4.41. The fourth-order valence-electron chi connectivity index (χ4n) is 1.77. The van der Waals surface area contributed by atoms with E-state index < -0.39 is 40.7 Å². The van der Waals surface area contributed by atoms with Crippen molar-refractivity contribution in [3.8, 4) is 0 Å². The first kappa shape index (κ1) is 16.0. The van der Waals surface area contributed by atoms with Crippen molar-refractivity contribution >= 4 is 23.2 Å². The predicted octanol–water partition coefficient (Wildman–Crippen LogP) is 4.74. The van der Waals surface area contributed by atoms with Gasteiger partial charge in [-0.05, 0) is 17.7 Å². The Morgan fingerprint density at radius 1 is 0.762 bits per heavy atom. The molecule has 2 aromatic rings. The summed E-state index contributed by atoms with van der Waals surface area (Å²) in [7, 11) is 0. The number of rotatable bonds is 2. The van der Waals surface area contributed by atoms with Crippen molar-refractivity contribution < 1.29 is 22.0 Å². The van der Waals surface area contributed by atoms with E-state index in [1.54, 1.807) is 0 Å². The third-order valence-electron chi connectivity index (χ3n) is 2.86. The van der Waals surface area contributed by atoms with Crippen LogP contribution in [-0.2, 0) is 0 Å². The second-order valence-corrected chi connectivity index (χ2v) is 4.95. The Balaban J connectivity index is 2.63. The van der Waals surface area contributed by atoms with Crippen LogP contribution < -0.4 is 5.73 Å². The van der Waals surface area contributed by atoms with Gasteiger partial charge >= 0.3 is 0 Å². The fraction of sp³-hybridized carbons (Fsp3) is 0.0769. The first-order valence-electron chi connectivity index (χ1n) is 5.47. The summed E-state index contributed by atoms with van der Waals surface area (Å²) in [5.41, 5.74) is 4.50. The van der Waals surface area contributed by atoms with E-state index in [1.807, 2.05) is 0 Å². The van der Waals surface area contributed by atoms with Gasteiger partial charge in [0.25, 0.3) is 0 Å². The largest absolute Gasteiger partial charge is 0.320 e. The predicted molar refractivity (Wildman–Crippen MR) is 68.7 cm³/mol. The van der Waals surface area contributed by atoms with Crippen molar-refractivity contribution in [3.05, 3.63) is 68.5 Å². The molecule has 0 spiro atoms. The van der Waals surface area contributed by atoms with Gasteiger partial charge in [-0.25, -0.2) is 22.0 Å². The lowest BCUT2D eigenvalue weighted by molar-refractivity contribution is 0.367. The Morgan fingerprint density at radius 2 is 1.24 bits per heavy atom. The van der Waals surface area contributed by atoms with Crippen molar-refractivity contribution in [3.63, 3.8) is 0 Å². The smallest absolute Gasteiger partial charge is 0.200 e. The van der Waals surface area contributed by atoms with E-state index in [9.17, 15) is 22.0 Å². The number of halogens is 7. The Hall–Kier alpha value is -1.37. The molecule has 1 atom stereocenters. The fourth-order valence-corrected chi connectivity index (χ4v) is 2.07. The second kappa shape index (κ2) is 5.79. The quantitative estimate of drug-likeness (QED) is 0.476. The Morgan fingerprint density at radius 3 is 1.71 bits per heavy atom. The molecule has 0 radical (unpaired) electrons. The van der Waals surface area contributed by atoms with Gasteiger partial charge in [0.15, 0.2) is 23.3 Å². The maximum atomic E-state index is 13.7. The van der Waals surface area contributed by atoms with Gasteiger partial charge < -0.3 is 5.73 Å². The minimum atomic E-state index is -2.24. The lowest BCUT2D eigenvalue weighted by Gasteiger charge is -2.16. The zero-order valence-electron chi connectivity index (χ0n) is 10.0. The van der Waals surface area contributed by atoms with Crippen LogP contribution in [0.15, 0.2) is 18.2 Å². The molecule has 0 heterocycles. The molecule has 1 unspecified atom stereocenters. The van der Waals surface area contributed by atoms with E-state index in [0.29, 0.717) is 0 Å². The highest BCUT2D eigenvalue weighted by atomic mass is 35.5. The topological polar surface area (TPSA) is 26.0 Å². The number of nitrogens with two attached hydrogens (primary N) is 1. The lowest BCUT2D eigenvalue weighted by Crippen LogP contribution is -2.19. The number of hydrogen-bond donors (Lipinski definition) is 1. The van der Waals surface area contributed by atoms with Crippen LogP contribution in [0.1, 0.15) is 17.2 Å². The van der Waals surface area contributed by atoms with E-state index in [-0.39, 0.29) is 15.6 Å². The molecule has 0 aliphatic carbocycles. The average Bonchev–Trinajstić information content (AvgIpc) is 2.46. The summed E-state index contributed by atoms with van der Waals surface area (Å²) in [4.78, 5) is 0. The van der Waals surface area contributed by atoms with Crippen molar-refractivity contribution in [1.29, 1.82) is 0 Å². The summed E-state index contributed by atoms with van der Waals surface area (Å²) in [6, 6.07) is 2.17. The summed E-state index contributed by atoms with van der Waals surface area (Å²) >= 11 is 11.4. The highest BCUT2D eigenvalue weighted by molar-refractivity contribution is 6.42. The van der Waals surface area contributed by atoms with Crippen molar-refractivity contribution in [1.82, 2.24) is 0 Å². The molecule has 0 saturated heterocycles. The molecule has 0 aromatic heterocycles. The molecule has 8 heteroatoms. The van der Waals surface area contributed by atoms with E-state index in [1.165, 1.54) is 18.2 Å². The van der Waals surface area contributed by atoms with E-state index in [4.69, 9.17) is 28.9 Å². The minimum absolute atomic E-state index is 0.0356. The summed E-state index contributed by atoms with van der Waals surface area (Å²) in [6.45, 7) is 0. The zero-order chi connectivity index (χ0) is 15.9. The van der Waals surface area contributed by atoms with Gasteiger partial charge in [-0.1, -0.05) is 29.3 Å². The summed E-state index contributed by atoms with van der Waals surface area (Å²) in [5.74, 6) is -10.3. The molecule has 2 N–H and O–H groups in total. The molecular weight excluding hydrogens is 336 g/mol. The molecule has 0 aliphatic rings. The molecule has 1 nitrogen and oxygen atoms in total. The van der Waals surface area contributed by atoms with Crippen molar-refractivity contribution in [2.45, 2.75) is 6.04 Å². The highest BCUT2D eigenvalue weighted by Gasteiger charge is 2.29. The molecule has 0 saturated carbocycles. The summed E-state index contributed by atoms with van der Waals surface area (Å²) < 4.78 is 66.6. The van der Waals surface area contributed by atoms with Crippen LogP contribution in [-0.4, -0.2) is 0 Å². The molecule has 0 amide bonds. The average molecular weight is 342 g/mol. The third kappa shape index (κ3) is 2.71. The van der Waals surface area contributed by atoms with Crippen LogP contribution in [0.4, 0.5) is 22.0 Å². The first-order chi connectivity index (χ1) is 9.75. The molecule has 2 aromatic carbocycles. The zero-order valence-corrected chi connectivity index (χ0v) is 11.5. The van der Waals surface area contributed by atoms with Crippen LogP contribution in [0.3, 0.4) is 0 Å². The van der Waals surface area contributed by atoms with Gasteiger partial charge in [0.05, 0.1) is 21.7 Å². The minimum Gasteiger partial charge on any atom is -0.320 e. The second-order valence-electron chi connectivity index (χ2n) is 4.13. The molecule has 21 heavy (non-hydrogen) atoms. The van der Waals surface area contributed by atoms with E-state index in [2.05, 4.69) is 0 Å². The molecule has 0 aliphatic heterocycles. The van der Waals surface area contributed by atoms with Gasteiger partial charge in [-0.3, -0.25) is 0 Å². The maximum Gasteiger partial charge on any atom is 0.200 e. The van der Waals surface area contributed by atoms with Crippen LogP contribution in [0.25, 0.3) is 0 Å². The first-order valence-corrected chi connectivity index (χ1v) is 6.23. The molecular formula is C13H6Cl2F5N.